The molecule has 90 valence electrons. The molecule has 1 aromatic rings. The van der Waals surface area contributed by atoms with Crippen molar-refractivity contribution in [1.29, 1.82) is 0 Å². The van der Waals surface area contributed by atoms with Crippen molar-refractivity contribution in [3.05, 3.63) is 17.5 Å². The Kier molecular flexibility index (Phi) is 2.92. The van der Waals surface area contributed by atoms with Crippen LogP contribution in [0.2, 0.25) is 0 Å². The van der Waals surface area contributed by atoms with Gasteiger partial charge in [-0.05, 0) is 25.3 Å². The van der Waals surface area contributed by atoms with Crippen LogP contribution in [-0.2, 0) is 6.18 Å². The van der Waals surface area contributed by atoms with Crippen molar-refractivity contribution in [2.45, 2.75) is 32.0 Å². The van der Waals surface area contributed by atoms with Crippen LogP contribution >= 0.6 is 0 Å². The van der Waals surface area contributed by atoms with Crippen molar-refractivity contribution in [1.82, 2.24) is 15.5 Å². The number of alkyl halides is 3. The molecule has 0 saturated carbocycles. The number of aromatic amines is 1. The molecule has 0 amide bonds. The minimum atomic E-state index is -4.36. The fourth-order valence-electron chi connectivity index (χ4n) is 2.22. The lowest BCUT2D eigenvalue weighted by atomic mass is 9.88. The molecule has 2 rings (SSSR count). The zero-order valence-corrected chi connectivity index (χ0v) is 8.93. The molecule has 2 unspecified atom stereocenters. The van der Waals surface area contributed by atoms with Gasteiger partial charge in [-0.25, -0.2) is 0 Å². The van der Waals surface area contributed by atoms with Crippen molar-refractivity contribution in [2.24, 2.45) is 5.92 Å². The molecular formula is C10H14F3N3. The van der Waals surface area contributed by atoms with Crippen LogP contribution in [0.4, 0.5) is 13.2 Å². The first kappa shape index (κ1) is 11.4. The maximum Gasteiger partial charge on any atom is 0.433 e. The summed E-state index contributed by atoms with van der Waals surface area (Å²) in [6.07, 6.45) is -1.12. The van der Waals surface area contributed by atoms with Crippen LogP contribution < -0.4 is 5.32 Å². The number of rotatable bonds is 1. The van der Waals surface area contributed by atoms with Gasteiger partial charge >= 0.3 is 6.18 Å². The first-order valence-corrected chi connectivity index (χ1v) is 5.34. The summed E-state index contributed by atoms with van der Waals surface area (Å²) in [5, 5.41) is 8.69. The summed E-state index contributed by atoms with van der Waals surface area (Å²) >= 11 is 0. The second-order valence-corrected chi connectivity index (χ2v) is 4.25. The van der Waals surface area contributed by atoms with Crippen LogP contribution in [0.15, 0.2) is 6.20 Å². The van der Waals surface area contributed by atoms with Crippen LogP contribution in [0.5, 0.6) is 0 Å². The highest BCUT2D eigenvalue weighted by atomic mass is 19.4. The molecule has 1 aliphatic rings. The smallest absolute Gasteiger partial charge is 0.310 e. The summed E-state index contributed by atoms with van der Waals surface area (Å²) in [6, 6.07) is -0.246. The Bertz CT molecular complexity index is 358. The SMILES string of the molecule is CC1CCCNC1c1cn[nH]c1C(F)(F)F. The van der Waals surface area contributed by atoms with Gasteiger partial charge in [0.05, 0.1) is 6.20 Å². The van der Waals surface area contributed by atoms with Crippen LogP contribution in [0.1, 0.15) is 37.1 Å². The van der Waals surface area contributed by atoms with E-state index in [9.17, 15) is 13.2 Å². The molecule has 2 heterocycles. The Morgan fingerprint density at radius 1 is 1.44 bits per heavy atom. The van der Waals surface area contributed by atoms with Crippen molar-refractivity contribution in [3.8, 4) is 0 Å². The number of hydrogen-bond acceptors (Lipinski definition) is 2. The molecule has 0 aliphatic carbocycles. The zero-order chi connectivity index (χ0) is 11.8. The van der Waals surface area contributed by atoms with Gasteiger partial charge < -0.3 is 5.32 Å². The largest absolute Gasteiger partial charge is 0.433 e. The highest BCUT2D eigenvalue weighted by molar-refractivity contribution is 5.24. The molecule has 0 bridgehead atoms. The molecule has 0 spiro atoms. The fraction of sp³-hybridized carbons (Fsp3) is 0.700. The van der Waals surface area contributed by atoms with Gasteiger partial charge in [0.15, 0.2) is 0 Å². The van der Waals surface area contributed by atoms with Crippen molar-refractivity contribution < 1.29 is 13.2 Å². The number of hydrogen-bond donors (Lipinski definition) is 2. The van der Waals surface area contributed by atoms with Gasteiger partial charge in [0, 0.05) is 11.6 Å². The molecule has 3 nitrogen and oxygen atoms in total. The van der Waals surface area contributed by atoms with Crippen LogP contribution in [-0.4, -0.2) is 16.7 Å². The van der Waals surface area contributed by atoms with E-state index in [1.807, 2.05) is 12.0 Å². The summed E-state index contributed by atoms with van der Waals surface area (Å²) in [7, 11) is 0. The van der Waals surface area contributed by atoms with E-state index in [0.29, 0.717) is 0 Å². The van der Waals surface area contributed by atoms with E-state index in [2.05, 4.69) is 10.4 Å². The Labute approximate surface area is 91.4 Å². The molecule has 16 heavy (non-hydrogen) atoms. The Balaban J connectivity index is 2.29. The maximum atomic E-state index is 12.7. The molecule has 0 aromatic carbocycles. The molecule has 1 aliphatic heterocycles. The van der Waals surface area contributed by atoms with Crippen LogP contribution in [0.3, 0.4) is 0 Å². The van der Waals surface area contributed by atoms with Gasteiger partial charge in [0.1, 0.15) is 5.69 Å². The van der Waals surface area contributed by atoms with E-state index in [1.54, 1.807) is 0 Å². The highest BCUT2D eigenvalue weighted by Gasteiger charge is 2.38. The molecule has 6 heteroatoms. The number of nitrogens with one attached hydrogen (secondary N) is 2. The predicted octanol–water partition coefficient (Wildman–Crippen LogP) is 2.49. The fourth-order valence-corrected chi connectivity index (χ4v) is 2.22. The monoisotopic (exact) mass is 233 g/mol. The number of nitrogens with zero attached hydrogens (tertiary/aromatic N) is 1. The average molecular weight is 233 g/mol. The van der Waals surface area contributed by atoms with E-state index in [4.69, 9.17) is 0 Å². The van der Waals surface area contributed by atoms with E-state index in [1.165, 1.54) is 6.20 Å². The Morgan fingerprint density at radius 3 is 2.81 bits per heavy atom. The van der Waals surface area contributed by atoms with E-state index in [0.717, 1.165) is 19.4 Å². The molecule has 1 aromatic heterocycles. The van der Waals surface area contributed by atoms with Gasteiger partial charge in [-0.3, -0.25) is 5.10 Å². The highest BCUT2D eigenvalue weighted by Crippen LogP contribution is 2.37. The zero-order valence-electron chi connectivity index (χ0n) is 8.93. The van der Waals surface area contributed by atoms with Crippen molar-refractivity contribution >= 4 is 0 Å². The lowest BCUT2D eigenvalue weighted by molar-refractivity contribution is -0.142. The van der Waals surface area contributed by atoms with Gasteiger partial charge in [0.2, 0.25) is 0 Å². The van der Waals surface area contributed by atoms with E-state index < -0.39 is 11.9 Å². The topological polar surface area (TPSA) is 40.7 Å². The second-order valence-electron chi connectivity index (χ2n) is 4.25. The number of aromatic nitrogens is 2. The standard InChI is InChI=1S/C10H14F3N3/c1-6-3-2-4-14-8(6)7-5-15-16-9(7)10(11,12)13/h5-6,8,14H,2-4H2,1H3,(H,15,16). The summed E-state index contributed by atoms with van der Waals surface area (Å²) < 4.78 is 38.0. The van der Waals surface area contributed by atoms with Gasteiger partial charge in [-0.15, -0.1) is 0 Å². The molecule has 0 radical (unpaired) electrons. The van der Waals surface area contributed by atoms with Gasteiger partial charge in [-0.2, -0.15) is 18.3 Å². The quantitative estimate of drug-likeness (QED) is 0.782. The normalized spacial score (nSPS) is 27.0. The van der Waals surface area contributed by atoms with Crippen LogP contribution in [0.25, 0.3) is 0 Å². The number of piperidine rings is 1. The summed E-state index contributed by atoms with van der Waals surface area (Å²) in [5.41, 5.74) is -0.488. The molecule has 1 fully saturated rings. The summed E-state index contributed by atoms with van der Waals surface area (Å²) in [6.45, 7) is 2.72. The first-order valence-electron chi connectivity index (χ1n) is 5.34. The maximum absolute atomic E-state index is 12.7. The van der Waals surface area contributed by atoms with Crippen molar-refractivity contribution in [3.63, 3.8) is 0 Å². The Hall–Kier alpha value is -1.04. The molecular weight excluding hydrogens is 219 g/mol. The predicted molar refractivity (Wildman–Crippen MR) is 52.7 cm³/mol. The van der Waals surface area contributed by atoms with Gasteiger partial charge in [-0.1, -0.05) is 6.92 Å². The third kappa shape index (κ3) is 2.07. The molecule has 2 atom stereocenters. The van der Waals surface area contributed by atoms with Crippen molar-refractivity contribution in [2.75, 3.05) is 6.54 Å². The summed E-state index contributed by atoms with van der Waals surface area (Å²) in [5.74, 6) is 0.201. The third-order valence-corrected chi connectivity index (χ3v) is 3.06. The minimum absolute atomic E-state index is 0.201. The number of halogens is 3. The van der Waals surface area contributed by atoms with Crippen LogP contribution in [0, 0.1) is 5.92 Å². The van der Waals surface area contributed by atoms with E-state index in [-0.39, 0.29) is 17.5 Å². The summed E-state index contributed by atoms with van der Waals surface area (Å²) in [4.78, 5) is 0. The minimum Gasteiger partial charge on any atom is -0.310 e. The first-order chi connectivity index (χ1) is 7.50. The van der Waals surface area contributed by atoms with Gasteiger partial charge in [0.25, 0.3) is 0 Å². The average Bonchev–Trinajstić information content (AvgIpc) is 2.66. The lowest BCUT2D eigenvalue weighted by Crippen LogP contribution is -2.33. The second kappa shape index (κ2) is 4.08. The molecule has 2 N–H and O–H groups in total. The molecule has 1 saturated heterocycles. The third-order valence-electron chi connectivity index (χ3n) is 3.06. The Morgan fingerprint density at radius 2 is 2.19 bits per heavy atom. The lowest BCUT2D eigenvalue weighted by Gasteiger charge is -2.30. The van der Waals surface area contributed by atoms with E-state index >= 15 is 0 Å². The number of H-pyrrole nitrogens is 1.